The number of amides is 1. The summed E-state index contributed by atoms with van der Waals surface area (Å²) < 4.78 is 46.6. The molecule has 0 aliphatic heterocycles. The van der Waals surface area contributed by atoms with Crippen molar-refractivity contribution in [2.45, 2.75) is 25.7 Å². The van der Waals surface area contributed by atoms with E-state index in [-0.39, 0.29) is 50.8 Å². The number of alkyl halides is 3. The van der Waals surface area contributed by atoms with Gasteiger partial charge in [0.05, 0.1) is 25.5 Å². The lowest BCUT2D eigenvalue weighted by atomic mass is 10.00. The highest BCUT2D eigenvalue weighted by molar-refractivity contribution is 7.15. The van der Waals surface area contributed by atoms with Gasteiger partial charge in [-0.15, -0.1) is 10.2 Å². The summed E-state index contributed by atoms with van der Waals surface area (Å²) >= 11 is 1.14. The van der Waals surface area contributed by atoms with Crippen molar-refractivity contribution >= 4 is 22.4 Å². The Morgan fingerprint density at radius 2 is 2.03 bits per heavy atom. The van der Waals surface area contributed by atoms with Crippen LogP contribution in [0, 0.1) is 12.8 Å². The van der Waals surface area contributed by atoms with E-state index in [1.807, 2.05) is 0 Å². The quantitative estimate of drug-likeness (QED) is 0.343. The molecule has 1 N–H and O–H groups in total. The maximum absolute atomic E-state index is 13.5. The van der Waals surface area contributed by atoms with E-state index in [0.717, 1.165) is 29.2 Å². The average Bonchev–Trinajstić information content (AvgIpc) is 3.56. The zero-order valence-electron chi connectivity index (χ0n) is 20.2. The number of nitrogens with zero attached hydrogens (tertiary/aromatic N) is 5. The second-order valence-corrected chi connectivity index (χ2v) is 9.78. The molecule has 0 bridgehead atoms. The third kappa shape index (κ3) is 5.01. The van der Waals surface area contributed by atoms with E-state index in [2.05, 4.69) is 25.5 Å². The Hall–Kier alpha value is -4.13. The Bertz CT molecular complexity index is 1570. The van der Waals surface area contributed by atoms with Gasteiger partial charge in [-0.05, 0) is 43.0 Å². The minimum absolute atomic E-state index is 0.0127. The standard InChI is InChI=1S/C25H21F3N6O3S/c1-12-3-4-34(21(35)5-12)20-8-15(16-7-18(22(27)28)29-11-19(16)37-2)17(10-30-20)23(36)31-25-33-32-24(38-25)14-6-13(14)9-26/h3-5,7-8,10-11,13-14,22H,6,9H2,1-2H3,(H,31,33,36)/t13-,14?/m1/s1. The maximum Gasteiger partial charge on any atom is 0.280 e. The summed E-state index contributed by atoms with van der Waals surface area (Å²) in [4.78, 5) is 34.0. The van der Waals surface area contributed by atoms with Crippen LogP contribution in [0.5, 0.6) is 5.75 Å². The zero-order valence-corrected chi connectivity index (χ0v) is 21.0. The van der Waals surface area contributed by atoms with Crippen molar-refractivity contribution in [3.05, 3.63) is 75.0 Å². The summed E-state index contributed by atoms with van der Waals surface area (Å²) in [6.45, 7) is 1.33. The van der Waals surface area contributed by atoms with Gasteiger partial charge in [-0.2, -0.15) is 0 Å². The molecule has 1 aliphatic carbocycles. The molecule has 9 nitrogen and oxygen atoms in total. The molecule has 5 rings (SSSR count). The second kappa shape index (κ2) is 10.3. The Morgan fingerprint density at radius 1 is 1.21 bits per heavy atom. The van der Waals surface area contributed by atoms with Gasteiger partial charge in [0.2, 0.25) is 5.13 Å². The Morgan fingerprint density at radius 3 is 2.71 bits per heavy atom. The van der Waals surface area contributed by atoms with Crippen LogP contribution >= 0.6 is 11.3 Å². The number of methoxy groups -OCH3 is 1. The number of carbonyl (C=O) groups excluding carboxylic acids is 1. The first kappa shape index (κ1) is 25.5. The summed E-state index contributed by atoms with van der Waals surface area (Å²) in [5.41, 5.74) is 0.241. The molecular weight excluding hydrogens is 521 g/mol. The fourth-order valence-corrected chi connectivity index (χ4v) is 4.96. The zero-order chi connectivity index (χ0) is 27.0. The first-order valence-electron chi connectivity index (χ1n) is 11.5. The Kier molecular flexibility index (Phi) is 6.93. The fourth-order valence-electron chi connectivity index (χ4n) is 4.02. The predicted molar refractivity (Wildman–Crippen MR) is 134 cm³/mol. The molecule has 0 aromatic carbocycles. The highest BCUT2D eigenvalue weighted by Gasteiger charge is 2.41. The van der Waals surface area contributed by atoms with E-state index >= 15 is 0 Å². The minimum atomic E-state index is -2.87. The molecule has 38 heavy (non-hydrogen) atoms. The number of hydrogen-bond donors (Lipinski definition) is 1. The topological polar surface area (TPSA) is 112 Å². The van der Waals surface area contributed by atoms with Crippen LogP contribution in [0.2, 0.25) is 0 Å². The summed E-state index contributed by atoms with van der Waals surface area (Å²) in [6.07, 6.45) is 1.74. The number of rotatable bonds is 8. The molecule has 4 aromatic heterocycles. The van der Waals surface area contributed by atoms with E-state index in [1.54, 1.807) is 13.0 Å². The van der Waals surface area contributed by atoms with Gasteiger partial charge in [0.15, 0.2) is 0 Å². The molecule has 2 atom stereocenters. The fraction of sp³-hybridized carbons (Fsp3) is 0.280. The maximum atomic E-state index is 13.5. The van der Waals surface area contributed by atoms with Crippen LogP contribution in [0.4, 0.5) is 18.3 Å². The van der Waals surface area contributed by atoms with E-state index in [4.69, 9.17) is 4.74 Å². The molecule has 0 radical (unpaired) electrons. The van der Waals surface area contributed by atoms with Crippen LogP contribution in [0.15, 0.2) is 47.7 Å². The van der Waals surface area contributed by atoms with Gasteiger partial charge in [0, 0.05) is 35.5 Å². The molecule has 0 saturated heterocycles. The van der Waals surface area contributed by atoms with E-state index in [1.165, 1.54) is 36.2 Å². The lowest BCUT2D eigenvalue weighted by molar-refractivity contribution is 0.102. The summed E-state index contributed by atoms with van der Waals surface area (Å²) in [5, 5.41) is 11.5. The van der Waals surface area contributed by atoms with Gasteiger partial charge in [-0.1, -0.05) is 11.3 Å². The van der Waals surface area contributed by atoms with Crippen molar-refractivity contribution in [3.63, 3.8) is 0 Å². The van der Waals surface area contributed by atoms with Crippen LogP contribution in [-0.4, -0.2) is 44.4 Å². The minimum Gasteiger partial charge on any atom is -0.494 e. The lowest BCUT2D eigenvalue weighted by Gasteiger charge is -2.15. The summed E-state index contributed by atoms with van der Waals surface area (Å²) in [7, 11) is 1.35. The highest BCUT2D eigenvalue weighted by Crippen LogP contribution is 2.49. The number of hydrogen-bond acceptors (Lipinski definition) is 8. The molecule has 196 valence electrons. The smallest absolute Gasteiger partial charge is 0.280 e. The van der Waals surface area contributed by atoms with Gasteiger partial charge in [-0.3, -0.25) is 28.8 Å². The molecule has 1 saturated carbocycles. The van der Waals surface area contributed by atoms with Gasteiger partial charge < -0.3 is 4.74 Å². The average molecular weight is 543 g/mol. The van der Waals surface area contributed by atoms with Gasteiger partial charge in [0.25, 0.3) is 17.9 Å². The Labute approximate surface area is 218 Å². The van der Waals surface area contributed by atoms with E-state index in [9.17, 15) is 22.8 Å². The van der Waals surface area contributed by atoms with Gasteiger partial charge in [-0.25, -0.2) is 13.8 Å². The molecule has 1 aliphatic rings. The highest BCUT2D eigenvalue weighted by atomic mass is 32.1. The molecule has 13 heteroatoms. The number of carbonyl (C=O) groups is 1. The first-order valence-corrected chi connectivity index (χ1v) is 12.3. The summed E-state index contributed by atoms with van der Waals surface area (Å²) in [6, 6.07) is 5.71. The van der Waals surface area contributed by atoms with Crippen LogP contribution < -0.4 is 15.6 Å². The molecule has 0 spiro atoms. The predicted octanol–water partition coefficient (Wildman–Crippen LogP) is 4.73. The molecule has 4 aromatic rings. The number of ether oxygens (including phenoxy) is 1. The number of aryl methyl sites for hydroxylation is 1. The normalized spacial score (nSPS) is 16.5. The number of aromatic nitrogens is 5. The second-order valence-electron chi connectivity index (χ2n) is 8.77. The third-order valence-corrected chi connectivity index (χ3v) is 7.15. The van der Waals surface area contributed by atoms with Crippen LogP contribution in [0.3, 0.4) is 0 Å². The Balaban J connectivity index is 1.58. The molecule has 1 fully saturated rings. The van der Waals surface area contributed by atoms with Gasteiger partial charge in [0.1, 0.15) is 22.3 Å². The molecule has 1 amide bonds. The molecule has 4 heterocycles. The van der Waals surface area contributed by atoms with Crippen LogP contribution in [0.25, 0.3) is 16.9 Å². The van der Waals surface area contributed by atoms with Crippen molar-refractivity contribution < 1.29 is 22.7 Å². The van der Waals surface area contributed by atoms with Crippen molar-refractivity contribution in [3.8, 4) is 22.7 Å². The van der Waals surface area contributed by atoms with Gasteiger partial charge >= 0.3 is 0 Å². The first-order chi connectivity index (χ1) is 18.3. The SMILES string of the molecule is COc1cnc(C(F)F)cc1-c1cc(-n2ccc(C)cc2=O)ncc1C(=O)Nc1nnc(C2C[C@@H]2CF)s1. The molecular formula is C25H21F3N6O3S. The van der Waals surface area contributed by atoms with Crippen molar-refractivity contribution in [1.29, 1.82) is 0 Å². The van der Waals surface area contributed by atoms with Crippen LogP contribution in [0.1, 0.15) is 45.4 Å². The van der Waals surface area contributed by atoms with E-state index in [0.29, 0.717) is 11.4 Å². The van der Waals surface area contributed by atoms with E-state index < -0.39 is 24.7 Å². The van der Waals surface area contributed by atoms with Crippen molar-refractivity contribution in [2.24, 2.45) is 5.92 Å². The number of pyridine rings is 3. The summed E-state index contributed by atoms with van der Waals surface area (Å²) in [5.74, 6) is -0.415. The van der Waals surface area contributed by atoms with Crippen LogP contribution in [-0.2, 0) is 0 Å². The molecule has 1 unspecified atom stereocenters. The number of anilines is 1. The largest absolute Gasteiger partial charge is 0.494 e. The number of halogens is 3. The monoisotopic (exact) mass is 542 g/mol. The van der Waals surface area contributed by atoms with Crippen molar-refractivity contribution in [2.75, 3.05) is 19.1 Å². The van der Waals surface area contributed by atoms with Crippen molar-refractivity contribution in [1.82, 2.24) is 24.7 Å². The lowest BCUT2D eigenvalue weighted by Crippen LogP contribution is -2.19. The number of nitrogens with one attached hydrogen (secondary N) is 1. The third-order valence-electron chi connectivity index (χ3n) is 6.18.